The van der Waals surface area contributed by atoms with Gasteiger partial charge >= 0.3 is 0 Å². The normalized spacial score (nSPS) is 20.3. The summed E-state index contributed by atoms with van der Waals surface area (Å²) in [5.74, 6) is 6.11. The van der Waals surface area contributed by atoms with Crippen LogP contribution in [-0.4, -0.2) is 199 Å². The van der Waals surface area contributed by atoms with E-state index in [9.17, 15) is 28.8 Å². The van der Waals surface area contributed by atoms with E-state index in [4.69, 9.17) is 57.4 Å². The van der Waals surface area contributed by atoms with Gasteiger partial charge in [0, 0.05) is 82.1 Å². The minimum Gasteiger partial charge on any atom is -0.493 e. The van der Waals surface area contributed by atoms with Gasteiger partial charge < -0.3 is 67.8 Å². The number of ether oxygens (including phenoxy) is 10. The molecule has 0 radical (unpaired) electrons. The molecule has 3 aromatic rings. The number of carbonyl (C=O) groups excluding carboxylic acids is 6. The average molecular weight is 1240 g/mol. The highest BCUT2D eigenvalue weighted by Crippen LogP contribution is 2.43. The Hall–Kier alpha value is -8.24. The summed E-state index contributed by atoms with van der Waals surface area (Å²) in [4.78, 5) is 91.6. The molecule has 23 heteroatoms. The summed E-state index contributed by atoms with van der Waals surface area (Å²) in [5, 5.41) is 5.53. The molecule has 0 bridgehead atoms. The van der Waals surface area contributed by atoms with E-state index in [-0.39, 0.29) is 113 Å². The Kier molecular flexibility index (Phi) is 22.6. The number of nitrogens with one attached hydrogen (secondary N) is 2. The van der Waals surface area contributed by atoms with Gasteiger partial charge in [-0.1, -0.05) is 36.1 Å². The molecule has 0 saturated carbocycles. The maximum Gasteiger partial charge on any atom is 0.257 e. The van der Waals surface area contributed by atoms with Gasteiger partial charge in [-0.3, -0.25) is 43.7 Å². The summed E-state index contributed by atoms with van der Waals surface area (Å²) < 4.78 is 59.6. The maximum absolute atomic E-state index is 14.3. The van der Waals surface area contributed by atoms with Gasteiger partial charge in [0.1, 0.15) is 13.2 Å². The minimum absolute atomic E-state index is 0.0155. The average Bonchev–Trinajstić information content (AvgIpc) is 1.64. The Balaban J connectivity index is 0.746. The van der Waals surface area contributed by atoms with Crippen molar-refractivity contribution in [2.45, 2.75) is 102 Å². The number of hydrogen-bond acceptors (Lipinski definition) is 18. The van der Waals surface area contributed by atoms with Gasteiger partial charge in [-0.05, 0) is 92.8 Å². The lowest BCUT2D eigenvalue weighted by Gasteiger charge is -2.30. The van der Waals surface area contributed by atoms with Crippen molar-refractivity contribution in [1.82, 2.24) is 25.3 Å². The molecule has 2 unspecified atom stereocenters. The van der Waals surface area contributed by atoms with E-state index in [0.29, 0.717) is 123 Å². The number of methoxy groups -OCH3 is 2. The van der Waals surface area contributed by atoms with E-state index in [1.165, 1.54) is 26.4 Å². The predicted molar refractivity (Wildman–Crippen MR) is 331 cm³/mol. The Labute approximate surface area is 524 Å². The second-order valence-electron chi connectivity index (χ2n) is 22.8. The number of fused-ring (bicyclic) bond motifs is 4. The first-order valence-electron chi connectivity index (χ1n) is 30.9. The third kappa shape index (κ3) is 16.6. The molecule has 7 heterocycles. The first kappa shape index (κ1) is 64.7. The molecule has 3 aromatic carbocycles. The first-order valence-corrected chi connectivity index (χ1v) is 30.9. The molecule has 23 nitrogen and oxygen atoms in total. The van der Waals surface area contributed by atoms with Crippen molar-refractivity contribution in [3.63, 3.8) is 0 Å². The van der Waals surface area contributed by atoms with E-state index < -0.39 is 11.8 Å². The van der Waals surface area contributed by atoms with Crippen LogP contribution in [0.15, 0.2) is 88.9 Å². The zero-order chi connectivity index (χ0) is 62.9. The third-order valence-electron chi connectivity index (χ3n) is 16.3. The van der Waals surface area contributed by atoms with Crippen LogP contribution in [0.5, 0.6) is 23.0 Å². The highest BCUT2D eigenvalue weighted by atomic mass is 16.6. The van der Waals surface area contributed by atoms with Crippen LogP contribution in [-0.2, 0) is 60.8 Å². The van der Waals surface area contributed by atoms with Gasteiger partial charge in [-0.2, -0.15) is 0 Å². The van der Waals surface area contributed by atoms with Crippen LogP contribution < -0.4 is 29.6 Å². The summed E-state index contributed by atoms with van der Waals surface area (Å²) in [6.45, 7) is 13.5. The molecule has 0 aliphatic carbocycles. The molecule has 4 saturated heterocycles. The molecular formula is C67H79N7O16. The number of rotatable bonds is 29. The van der Waals surface area contributed by atoms with E-state index >= 15 is 0 Å². The predicted octanol–water partition coefficient (Wildman–Crippen LogP) is 6.07. The van der Waals surface area contributed by atoms with Crippen LogP contribution in [0.3, 0.4) is 0 Å². The molecule has 7 aliphatic rings. The van der Waals surface area contributed by atoms with Crippen molar-refractivity contribution in [3.8, 4) is 34.8 Å². The van der Waals surface area contributed by atoms with Crippen LogP contribution in [0.25, 0.3) is 0 Å². The van der Waals surface area contributed by atoms with Crippen LogP contribution in [0.4, 0.5) is 11.4 Å². The SMILES string of the molecule is C=C1C[C@H]2C(C3CCCCO3)=Nc3cc(OCc4cc(C#CCNC(=O)CCOCCOCCOCCOCCNC(=O)CCN5C(=O)C=CC5=O)cc(COc5cc6c(cc5OC)C(=O)N5CC(=C)C[C@H]5C(C5CCCCO5)=N6)c4)c(OC)cc3C(=O)N2C1. The number of hydrogen-bond donors (Lipinski definition) is 2. The van der Waals surface area contributed by atoms with Gasteiger partial charge in [-0.15, -0.1) is 0 Å². The number of benzene rings is 3. The molecule has 4 atom stereocenters. The maximum atomic E-state index is 14.3. The highest BCUT2D eigenvalue weighted by Gasteiger charge is 2.43. The molecule has 0 spiro atoms. The zero-order valence-corrected chi connectivity index (χ0v) is 51.3. The Morgan fingerprint density at radius 2 is 1.09 bits per heavy atom. The van der Waals surface area contributed by atoms with Crippen LogP contribution in [0.1, 0.15) is 102 Å². The lowest BCUT2D eigenvalue weighted by Crippen LogP contribution is -2.45. The zero-order valence-electron chi connectivity index (χ0n) is 51.3. The minimum atomic E-state index is -0.421. The number of aliphatic imine (C=N–C) groups is 2. The molecule has 90 heavy (non-hydrogen) atoms. The van der Waals surface area contributed by atoms with Crippen molar-refractivity contribution >= 4 is 58.2 Å². The topological polar surface area (TPSA) is 253 Å². The molecule has 478 valence electrons. The molecule has 2 N–H and O–H groups in total. The molecule has 7 aliphatic heterocycles. The van der Waals surface area contributed by atoms with Crippen LogP contribution in [0.2, 0.25) is 0 Å². The van der Waals surface area contributed by atoms with Crippen LogP contribution >= 0.6 is 0 Å². The molecule has 10 rings (SSSR count). The van der Waals surface area contributed by atoms with E-state index in [1.807, 2.05) is 28.0 Å². The summed E-state index contributed by atoms with van der Waals surface area (Å²) in [6, 6.07) is 12.1. The standard InChI is InChI=1S/C67H79N7O16/c1-43-30-52-64(54-11-5-7-20-87-54)70-50-37-58(56(81-3)35-48(50)66(79)73(52)39-43)89-41-46-32-45(10-9-17-68-61(76)16-22-83-24-26-85-28-29-86-27-25-84-23-18-69-60(75)15-19-72-62(77)13-14-63(72)78)33-47(34-46)42-90-59-38-51-49(36-57(59)82-4)67(80)74-40-44(2)31-53(74)65(71-51)55-12-6-8-21-88-55/h13-14,32-38,52-55H,1-2,5-8,11-12,15-31,39-42H2,3-4H3,(H,68,76)(H,69,75)/t52-,53-,54?,55?/m0/s1. The highest BCUT2D eigenvalue weighted by molar-refractivity contribution is 6.13. The molecule has 6 amide bonds. The monoisotopic (exact) mass is 1240 g/mol. The molecule has 0 aromatic heterocycles. The van der Waals surface area contributed by atoms with Gasteiger partial charge in [0.05, 0.1) is 132 Å². The number of carbonyl (C=O) groups is 6. The quantitative estimate of drug-likeness (QED) is 0.0346. The van der Waals surface area contributed by atoms with Crippen molar-refractivity contribution in [2.24, 2.45) is 9.98 Å². The Morgan fingerprint density at radius 3 is 1.58 bits per heavy atom. The summed E-state index contributed by atoms with van der Waals surface area (Å²) in [5.41, 5.74) is 7.44. The van der Waals surface area contributed by atoms with Crippen molar-refractivity contribution in [1.29, 1.82) is 0 Å². The van der Waals surface area contributed by atoms with Gasteiger partial charge in [0.25, 0.3) is 23.6 Å². The molecule has 4 fully saturated rings. The van der Waals surface area contributed by atoms with Gasteiger partial charge in [0.2, 0.25) is 11.8 Å². The third-order valence-corrected chi connectivity index (χ3v) is 16.3. The Bertz CT molecular complexity index is 3180. The van der Waals surface area contributed by atoms with E-state index in [2.05, 4.69) is 35.6 Å². The van der Waals surface area contributed by atoms with Crippen molar-refractivity contribution in [3.05, 3.63) is 107 Å². The lowest BCUT2D eigenvalue weighted by molar-refractivity contribution is -0.137. The first-order chi connectivity index (χ1) is 43.8. The fourth-order valence-corrected chi connectivity index (χ4v) is 11.8. The fraction of sp³-hybridized carbons (Fsp3) is 0.493. The number of amides is 6. The smallest absolute Gasteiger partial charge is 0.257 e. The molecular weight excluding hydrogens is 1160 g/mol. The summed E-state index contributed by atoms with van der Waals surface area (Å²) in [6.07, 6.45) is 8.89. The fourth-order valence-electron chi connectivity index (χ4n) is 11.8. The summed E-state index contributed by atoms with van der Waals surface area (Å²) >= 11 is 0. The van der Waals surface area contributed by atoms with Crippen molar-refractivity contribution < 1.29 is 76.1 Å². The summed E-state index contributed by atoms with van der Waals surface area (Å²) in [7, 11) is 3.06. The van der Waals surface area contributed by atoms with Gasteiger partial charge in [-0.25, -0.2) is 0 Å². The van der Waals surface area contributed by atoms with Crippen LogP contribution in [0, 0.1) is 11.8 Å². The van der Waals surface area contributed by atoms with E-state index in [1.54, 1.807) is 24.3 Å². The lowest BCUT2D eigenvalue weighted by atomic mass is 9.97. The second-order valence-corrected chi connectivity index (χ2v) is 22.8. The largest absolute Gasteiger partial charge is 0.493 e. The van der Waals surface area contributed by atoms with Gasteiger partial charge in [0.15, 0.2) is 23.0 Å². The number of imide groups is 1. The number of nitrogens with zero attached hydrogens (tertiary/aromatic N) is 5. The van der Waals surface area contributed by atoms with E-state index in [0.717, 1.165) is 77.1 Å². The van der Waals surface area contributed by atoms with Crippen molar-refractivity contribution in [2.75, 3.05) is 113 Å². The Morgan fingerprint density at radius 1 is 0.600 bits per heavy atom. The second kappa shape index (κ2) is 31.5.